The Labute approximate surface area is 382 Å². The van der Waals surface area contributed by atoms with Gasteiger partial charge in [-0.05, 0) is 89.9 Å². The maximum atomic E-state index is 12.8. The van der Waals surface area contributed by atoms with Crippen molar-refractivity contribution in [3.63, 3.8) is 0 Å². The molecule has 0 unspecified atom stereocenters. The maximum absolute atomic E-state index is 12.8. The topological polar surface area (TPSA) is 78.9 Å². The average molecular weight is 863 g/mol. The number of allylic oxidation sites excluding steroid dienone is 14. The van der Waals surface area contributed by atoms with Crippen LogP contribution in [0.25, 0.3) is 0 Å². The molecular formula is C56H94O6. The van der Waals surface area contributed by atoms with Crippen LogP contribution in [0.2, 0.25) is 0 Å². The Morgan fingerprint density at radius 1 is 0.339 bits per heavy atom. The summed E-state index contributed by atoms with van der Waals surface area (Å²) in [7, 11) is 0. The van der Waals surface area contributed by atoms with Crippen molar-refractivity contribution in [2.24, 2.45) is 0 Å². The number of ether oxygens (including phenoxy) is 3. The van der Waals surface area contributed by atoms with Crippen LogP contribution < -0.4 is 0 Å². The van der Waals surface area contributed by atoms with Crippen LogP contribution in [-0.4, -0.2) is 37.2 Å². The Balaban J connectivity index is 4.44. The van der Waals surface area contributed by atoms with Crippen molar-refractivity contribution in [3.05, 3.63) is 85.1 Å². The molecule has 0 saturated heterocycles. The molecule has 0 bridgehead atoms. The molecule has 1 atom stereocenters. The van der Waals surface area contributed by atoms with E-state index in [1.807, 2.05) is 0 Å². The number of carbonyl (C=O) groups is 3. The van der Waals surface area contributed by atoms with E-state index in [-0.39, 0.29) is 31.1 Å². The van der Waals surface area contributed by atoms with Gasteiger partial charge in [-0.1, -0.05) is 209 Å². The number of rotatable bonds is 45. The molecule has 6 nitrogen and oxygen atoms in total. The van der Waals surface area contributed by atoms with E-state index in [0.717, 1.165) is 135 Å². The van der Waals surface area contributed by atoms with E-state index in [1.165, 1.54) is 57.8 Å². The zero-order chi connectivity index (χ0) is 45.1. The van der Waals surface area contributed by atoms with Crippen LogP contribution in [0, 0.1) is 0 Å². The number of hydrogen-bond acceptors (Lipinski definition) is 6. The van der Waals surface area contributed by atoms with Crippen LogP contribution in [0.1, 0.15) is 233 Å². The minimum Gasteiger partial charge on any atom is -0.462 e. The van der Waals surface area contributed by atoms with Gasteiger partial charge in [0.15, 0.2) is 6.10 Å². The third-order valence-corrected chi connectivity index (χ3v) is 10.6. The number of esters is 3. The first-order valence-corrected chi connectivity index (χ1v) is 25.6. The van der Waals surface area contributed by atoms with Gasteiger partial charge in [-0.2, -0.15) is 0 Å². The lowest BCUT2D eigenvalue weighted by atomic mass is 10.0. The Bertz CT molecular complexity index is 1220. The van der Waals surface area contributed by atoms with Crippen molar-refractivity contribution in [2.75, 3.05) is 13.2 Å². The van der Waals surface area contributed by atoms with Crippen LogP contribution in [0.4, 0.5) is 0 Å². The van der Waals surface area contributed by atoms with Crippen LogP contribution in [0.15, 0.2) is 85.1 Å². The summed E-state index contributed by atoms with van der Waals surface area (Å²) in [5.41, 5.74) is 0. The van der Waals surface area contributed by atoms with Crippen molar-refractivity contribution in [1.29, 1.82) is 0 Å². The van der Waals surface area contributed by atoms with Crippen molar-refractivity contribution >= 4 is 17.9 Å². The van der Waals surface area contributed by atoms with Crippen molar-refractivity contribution in [3.8, 4) is 0 Å². The first kappa shape index (κ1) is 58.6. The second-order valence-corrected chi connectivity index (χ2v) is 16.7. The van der Waals surface area contributed by atoms with Gasteiger partial charge >= 0.3 is 17.9 Å². The van der Waals surface area contributed by atoms with Gasteiger partial charge in [0, 0.05) is 19.3 Å². The van der Waals surface area contributed by atoms with Gasteiger partial charge in [-0.25, -0.2) is 0 Å². The molecule has 0 amide bonds. The Morgan fingerprint density at radius 3 is 0.984 bits per heavy atom. The van der Waals surface area contributed by atoms with Crippen LogP contribution in [-0.2, 0) is 28.6 Å². The molecule has 0 fully saturated rings. The number of unbranched alkanes of at least 4 members (excludes halogenated alkanes) is 20. The SMILES string of the molecule is CC/C=C\C/C=C\C/C=C\C/C=C\CCCCCCC(=O)OC[C@H](COC(=O)CCCCCCC/C=C\C/C=C\C/C=C\CC)OC(=O)CCCCCCCCCCCCCC. The molecule has 0 aliphatic rings. The Morgan fingerprint density at radius 2 is 0.629 bits per heavy atom. The predicted molar refractivity (Wildman–Crippen MR) is 265 cm³/mol. The van der Waals surface area contributed by atoms with E-state index in [2.05, 4.69) is 106 Å². The largest absolute Gasteiger partial charge is 0.462 e. The summed E-state index contributed by atoms with van der Waals surface area (Å²) in [5, 5.41) is 0. The molecule has 0 aliphatic carbocycles. The fourth-order valence-electron chi connectivity index (χ4n) is 6.86. The fraction of sp³-hybridized carbons (Fsp3) is 0.696. The zero-order valence-corrected chi connectivity index (χ0v) is 40.4. The van der Waals surface area contributed by atoms with Gasteiger partial charge in [0.1, 0.15) is 13.2 Å². The summed E-state index contributed by atoms with van der Waals surface area (Å²) in [6.45, 7) is 6.37. The predicted octanol–water partition coefficient (Wildman–Crippen LogP) is 16.8. The highest BCUT2D eigenvalue weighted by atomic mass is 16.6. The monoisotopic (exact) mass is 863 g/mol. The quantitative estimate of drug-likeness (QED) is 0.0263. The van der Waals surface area contributed by atoms with Crippen molar-refractivity contribution in [2.45, 2.75) is 239 Å². The summed E-state index contributed by atoms with van der Waals surface area (Å²) in [5.74, 6) is -0.932. The van der Waals surface area contributed by atoms with E-state index in [4.69, 9.17) is 14.2 Å². The summed E-state index contributed by atoms with van der Waals surface area (Å²) in [6.07, 6.45) is 64.2. The third kappa shape index (κ3) is 47.6. The minimum absolute atomic E-state index is 0.0927. The standard InChI is InChI=1S/C56H94O6/c1-4-7-10-13-16-19-22-25-27-28-30-32-35-37-40-43-46-49-55(58)61-52-53(62-56(59)50-47-44-41-38-33-24-21-18-15-12-9-6-3)51-60-54(57)48-45-42-39-36-34-31-29-26-23-20-17-14-11-8-5-2/h7-8,10-11,16-17,19-20,25-27,29-30,32,53H,4-6,9,12-15,18,21-24,28,31,33-52H2,1-3H3/b10-7-,11-8-,19-16-,20-17-,27-25-,29-26-,32-30-/t53-/m0/s1. The summed E-state index contributed by atoms with van der Waals surface area (Å²) < 4.78 is 16.8. The summed E-state index contributed by atoms with van der Waals surface area (Å²) in [6, 6.07) is 0. The van der Waals surface area contributed by atoms with E-state index < -0.39 is 6.10 Å². The third-order valence-electron chi connectivity index (χ3n) is 10.6. The first-order chi connectivity index (χ1) is 30.5. The molecule has 0 saturated carbocycles. The molecule has 0 radical (unpaired) electrons. The number of hydrogen-bond donors (Lipinski definition) is 0. The van der Waals surface area contributed by atoms with E-state index in [9.17, 15) is 14.4 Å². The van der Waals surface area contributed by atoms with Gasteiger partial charge in [0.2, 0.25) is 0 Å². The molecule has 0 spiro atoms. The summed E-state index contributed by atoms with van der Waals surface area (Å²) in [4.78, 5) is 38.0. The Hall–Kier alpha value is -3.41. The van der Waals surface area contributed by atoms with Crippen molar-refractivity contribution in [1.82, 2.24) is 0 Å². The molecule has 62 heavy (non-hydrogen) atoms. The second kappa shape index (κ2) is 50.2. The molecule has 354 valence electrons. The van der Waals surface area contributed by atoms with Gasteiger partial charge in [0.25, 0.3) is 0 Å². The Kier molecular flexibility index (Phi) is 47.5. The maximum Gasteiger partial charge on any atom is 0.306 e. The second-order valence-electron chi connectivity index (χ2n) is 16.7. The van der Waals surface area contributed by atoms with Gasteiger partial charge in [0.05, 0.1) is 0 Å². The molecule has 0 aliphatic heterocycles. The minimum atomic E-state index is -0.791. The molecule has 0 aromatic carbocycles. The highest BCUT2D eigenvalue weighted by Gasteiger charge is 2.19. The molecule has 0 aromatic rings. The highest BCUT2D eigenvalue weighted by Crippen LogP contribution is 2.14. The molecule has 0 rings (SSSR count). The lowest BCUT2D eigenvalue weighted by Gasteiger charge is -2.18. The zero-order valence-electron chi connectivity index (χ0n) is 40.4. The smallest absolute Gasteiger partial charge is 0.306 e. The molecule has 0 aromatic heterocycles. The summed E-state index contributed by atoms with van der Waals surface area (Å²) >= 11 is 0. The molecular weight excluding hydrogens is 769 g/mol. The lowest BCUT2D eigenvalue weighted by Crippen LogP contribution is -2.30. The van der Waals surface area contributed by atoms with E-state index in [0.29, 0.717) is 19.3 Å². The van der Waals surface area contributed by atoms with Crippen LogP contribution >= 0.6 is 0 Å². The van der Waals surface area contributed by atoms with E-state index in [1.54, 1.807) is 0 Å². The van der Waals surface area contributed by atoms with Gasteiger partial charge < -0.3 is 14.2 Å². The van der Waals surface area contributed by atoms with Crippen molar-refractivity contribution < 1.29 is 28.6 Å². The van der Waals surface area contributed by atoms with Crippen LogP contribution in [0.5, 0.6) is 0 Å². The number of carbonyl (C=O) groups excluding carboxylic acids is 3. The molecule has 6 heteroatoms. The van der Waals surface area contributed by atoms with E-state index >= 15 is 0 Å². The first-order valence-electron chi connectivity index (χ1n) is 25.6. The average Bonchev–Trinajstić information content (AvgIpc) is 3.27. The normalized spacial score (nSPS) is 12.8. The van der Waals surface area contributed by atoms with Gasteiger partial charge in [-0.15, -0.1) is 0 Å². The molecule has 0 N–H and O–H groups in total. The van der Waals surface area contributed by atoms with Gasteiger partial charge in [-0.3, -0.25) is 14.4 Å². The molecule has 0 heterocycles. The lowest BCUT2D eigenvalue weighted by molar-refractivity contribution is -0.167. The fourth-order valence-corrected chi connectivity index (χ4v) is 6.86. The van der Waals surface area contributed by atoms with Crippen LogP contribution in [0.3, 0.4) is 0 Å². The highest BCUT2D eigenvalue weighted by molar-refractivity contribution is 5.71.